The average molecular weight is 360 g/mol. The second kappa shape index (κ2) is 7.94. The van der Waals surface area contributed by atoms with Gasteiger partial charge >= 0.3 is 5.97 Å². The lowest BCUT2D eigenvalue weighted by Crippen LogP contribution is -2.42. The Morgan fingerprint density at radius 1 is 1.12 bits per heavy atom. The molecule has 2 amide bonds. The monoisotopic (exact) mass is 360 g/mol. The largest absolute Gasteiger partial charge is 0.452 e. The van der Waals surface area contributed by atoms with E-state index in [-0.39, 0.29) is 24.0 Å². The molecule has 1 aromatic heterocycles. The van der Waals surface area contributed by atoms with E-state index in [1.165, 1.54) is 17.4 Å². The quantitative estimate of drug-likeness (QED) is 0.803. The molecular weight excluding hydrogens is 340 g/mol. The average Bonchev–Trinajstić information content (AvgIpc) is 3.06. The van der Waals surface area contributed by atoms with Gasteiger partial charge in [-0.2, -0.15) is 0 Å². The lowest BCUT2D eigenvalue weighted by molar-refractivity contribution is -0.125. The Morgan fingerprint density at radius 2 is 1.88 bits per heavy atom. The number of esters is 1. The van der Waals surface area contributed by atoms with Crippen molar-refractivity contribution in [2.45, 2.75) is 26.3 Å². The zero-order valence-electron chi connectivity index (χ0n) is 14.3. The summed E-state index contributed by atoms with van der Waals surface area (Å²) in [5, 5.41) is 7.24. The first-order valence-electron chi connectivity index (χ1n) is 7.68. The predicted octanol–water partition coefficient (Wildman–Crippen LogP) is 3.07. The molecule has 0 aliphatic heterocycles. The molecule has 2 rings (SSSR count). The normalized spacial score (nSPS) is 10.8. The summed E-state index contributed by atoms with van der Waals surface area (Å²) in [5.41, 5.74) is 0.342. The molecule has 25 heavy (non-hydrogen) atoms. The van der Waals surface area contributed by atoms with Gasteiger partial charge in [-0.25, -0.2) is 4.79 Å². The number of hydrogen-bond acceptors (Lipinski definition) is 5. The fourth-order valence-electron chi connectivity index (χ4n) is 1.99. The Morgan fingerprint density at radius 3 is 2.52 bits per heavy atom. The molecular formula is C18H20N2O4S. The van der Waals surface area contributed by atoms with Crippen LogP contribution in [0.2, 0.25) is 0 Å². The van der Waals surface area contributed by atoms with Crippen molar-refractivity contribution < 1.29 is 19.1 Å². The number of anilines is 1. The summed E-state index contributed by atoms with van der Waals surface area (Å²) < 4.78 is 5.01. The van der Waals surface area contributed by atoms with Crippen molar-refractivity contribution in [1.82, 2.24) is 5.32 Å². The SMILES string of the molecule is CC(C)(C)NC(=O)COC(=O)c1cccc(NC(=O)c2cccs2)c1. The molecule has 1 aromatic carbocycles. The van der Waals surface area contributed by atoms with Gasteiger partial charge in [0.15, 0.2) is 6.61 Å². The van der Waals surface area contributed by atoms with E-state index in [0.717, 1.165) is 0 Å². The Bertz CT molecular complexity index is 764. The third kappa shape index (κ3) is 6.04. The van der Waals surface area contributed by atoms with E-state index < -0.39 is 11.5 Å². The molecule has 0 aliphatic rings. The van der Waals surface area contributed by atoms with Crippen LogP contribution in [0.15, 0.2) is 41.8 Å². The smallest absolute Gasteiger partial charge is 0.338 e. The number of amides is 2. The van der Waals surface area contributed by atoms with Crippen molar-refractivity contribution in [3.8, 4) is 0 Å². The molecule has 0 saturated heterocycles. The molecule has 2 aromatic rings. The van der Waals surface area contributed by atoms with Crippen LogP contribution in [0.1, 0.15) is 40.8 Å². The van der Waals surface area contributed by atoms with E-state index in [1.54, 1.807) is 30.3 Å². The van der Waals surface area contributed by atoms with Crippen LogP contribution in [-0.4, -0.2) is 29.9 Å². The van der Waals surface area contributed by atoms with E-state index in [9.17, 15) is 14.4 Å². The molecule has 7 heteroatoms. The zero-order chi connectivity index (χ0) is 18.4. The summed E-state index contributed by atoms with van der Waals surface area (Å²) in [7, 11) is 0. The van der Waals surface area contributed by atoms with Crippen molar-refractivity contribution >= 4 is 34.8 Å². The molecule has 2 N–H and O–H groups in total. The van der Waals surface area contributed by atoms with Gasteiger partial charge in [-0.1, -0.05) is 12.1 Å². The molecule has 0 saturated carbocycles. The van der Waals surface area contributed by atoms with Crippen molar-refractivity contribution in [2.24, 2.45) is 0 Å². The van der Waals surface area contributed by atoms with Gasteiger partial charge in [-0.15, -0.1) is 11.3 Å². The Hall–Kier alpha value is -2.67. The van der Waals surface area contributed by atoms with Crippen LogP contribution in [0.3, 0.4) is 0 Å². The molecule has 132 valence electrons. The third-order valence-electron chi connectivity index (χ3n) is 2.95. The van der Waals surface area contributed by atoms with Crippen molar-refractivity contribution in [2.75, 3.05) is 11.9 Å². The number of benzene rings is 1. The molecule has 6 nitrogen and oxygen atoms in total. The summed E-state index contributed by atoms with van der Waals surface area (Å²) in [6, 6.07) is 9.88. The van der Waals surface area contributed by atoms with Crippen LogP contribution in [0, 0.1) is 0 Å². The van der Waals surface area contributed by atoms with Crippen molar-refractivity contribution in [3.63, 3.8) is 0 Å². The first-order valence-corrected chi connectivity index (χ1v) is 8.55. The number of ether oxygens (including phenoxy) is 1. The van der Waals surface area contributed by atoms with Crippen LogP contribution in [0.4, 0.5) is 5.69 Å². The summed E-state index contributed by atoms with van der Waals surface area (Å²) in [6.45, 7) is 5.16. The molecule has 0 radical (unpaired) electrons. The maximum atomic E-state index is 12.1. The van der Waals surface area contributed by atoms with Gasteiger partial charge in [-0.3, -0.25) is 9.59 Å². The number of carbonyl (C=O) groups is 3. The van der Waals surface area contributed by atoms with Gasteiger partial charge in [0, 0.05) is 11.2 Å². The minimum absolute atomic E-state index is 0.245. The van der Waals surface area contributed by atoms with E-state index >= 15 is 0 Å². The molecule has 1 heterocycles. The Kier molecular flexibility index (Phi) is 5.93. The van der Waals surface area contributed by atoms with Crippen LogP contribution < -0.4 is 10.6 Å². The molecule has 0 aliphatic carbocycles. The van der Waals surface area contributed by atoms with Crippen LogP contribution in [-0.2, 0) is 9.53 Å². The van der Waals surface area contributed by atoms with Crippen LogP contribution >= 0.6 is 11.3 Å². The summed E-state index contributed by atoms with van der Waals surface area (Å²) in [5.74, 6) is -1.25. The number of hydrogen-bond donors (Lipinski definition) is 2. The Labute approximate surface area is 150 Å². The van der Waals surface area contributed by atoms with Gasteiger partial charge in [0.2, 0.25) is 0 Å². The molecule has 0 bridgehead atoms. The number of nitrogens with one attached hydrogen (secondary N) is 2. The second-order valence-corrected chi connectivity index (χ2v) is 7.33. The molecule has 0 atom stereocenters. The van der Waals surface area contributed by atoms with E-state index in [1.807, 2.05) is 26.2 Å². The van der Waals surface area contributed by atoms with Crippen LogP contribution in [0.5, 0.6) is 0 Å². The minimum atomic E-state index is -0.628. The summed E-state index contributed by atoms with van der Waals surface area (Å²) in [6.07, 6.45) is 0. The minimum Gasteiger partial charge on any atom is -0.452 e. The summed E-state index contributed by atoms with van der Waals surface area (Å²) in [4.78, 5) is 36.4. The maximum Gasteiger partial charge on any atom is 0.338 e. The fourth-order valence-corrected chi connectivity index (χ4v) is 2.61. The molecule has 0 spiro atoms. The number of thiophene rings is 1. The van der Waals surface area contributed by atoms with E-state index in [4.69, 9.17) is 4.74 Å². The Balaban J connectivity index is 1.95. The second-order valence-electron chi connectivity index (χ2n) is 6.39. The van der Waals surface area contributed by atoms with Crippen molar-refractivity contribution in [1.29, 1.82) is 0 Å². The van der Waals surface area contributed by atoms with Gasteiger partial charge < -0.3 is 15.4 Å². The number of carbonyl (C=O) groups excluding carboxylic acids is 3. The van der Waals surface area contributed by atoms with Crippen LogP contribution in [0.25, 0.3) is 0 Å². The standard InChI is InChI=1S/C18H20N2O4S/c1-18(2,3)20-15(21)11-24-17(23)12-6-4-7-13(10-12)19-16(22)14-8-5-9-25-14/h4-10H,11H2,1-3H3,(H,19,22)(H,20,21). The van der Waals surface area contributed by atoms with Gasteiger partial charge in [0.25, 0.3) is 11.8 Å². The molecule has 0 unspecified atom stereocenters. The summed E-state index contributed by atoms with van der Waals surface area (Å²) >= 11 is 1.33. The lowest BCUT2D eigenvalue weighted by Gasteiger charge is -2.20. The highest BCUT2D eigenvalue weighted by Gasteiger charge is 2.16. The van der Waals surface area contributed by atoms with E-state index in [0.29, 0.717) is 10.6 Å². The lowest BCUT2D eigenvalue weighted by atomic mass is 10.1. The van der Waals surface area contributed by atoms with Gasteiger partial charge in [0.05, 0.1) is 10.4 Å². The number of rotatable bonds is 5. The highest BCUT2D eigenvalue weighted by Crippen LogP contribution is 2.15. The topological polar surface area (TPSA) is 84.5 Å². The predicted molar refractivity (Wildman–Crippen MR) is 96.9 cm³/mol. The van der Waals surface area contributed by atoms with E-state index in [2.05, 4.69) is 10.6 Å². The third-order valence-corrected chi connectivity index (χ3v) is 3.82. The first-order chi connectivity index (χ1) is 11.7. The molecule has 0 fully saturated rings. The van der Waals surface area contributed by atoms with Gasteiger partial charge in [-0.05, 0) is 50.4 Å². The van der Waals surface area contributed by atoms with Gasteiger partial charge in [0.1, 0.15) is 0 Å². The first kappa shape index (κ1) is 18.7. The van der Waals surface area contributed by atoms with Crippen molar-refractivity contribution in [3.05, 3.63) is 52.2 Å². The zero-order valence-corrected chi connectivity index (χ0v) is 15.1. The highest BCUT2D eigenvalue weighted by molar-refractivity contribution is 7.12. The fraction of sp³-hybridized carbons (Fsp3) is 0.278. The highest BCUT2D eigenvalue weighted by atomic mass is 32.1. The maximum absolute atomic E-state index is 12.1.